The van der Waals surface area contributed by atoms with E-state index in [9.17, 15) is 0 Å². The van der Waals surface area contributed by atoms with Crippen LogP contribution >= 0.6 is 0 Å². The van der Waals surface area contributed by atoms with Crippen molar-refractivity contribution in [2.24, 2.45) is 5.41 Å². The van der Waals surface area contributed by atoms with Gasteiger partial charge in [0.2, 0.25) is 0 Å². The van der Waals surface area contributed by atoms with Gasteiger partial charge in [0.15, 0.2) is 0 Å². The van der Waals surface area contributed by atoms with Crippen molar-refractivity contribution in [1.29, 1.82) is 0 Å². The molecule has 0 aromatic carbocycles. The molecule has 2 aliphatic carbocycles. The predicted octanol–water partition coefficient (Wildman–Crippen LogP) is 3.17. The van der Waals surface area contributed by atoms with E-state index < -0.39 is 0 Å². The van der Waals surface area contributed by atoms with E-state index in [2.05, 4.69) is 24.1 Å². The minimum atomic E-state index is 0.684. The van der Waals surface area contributed by atoms with Gasteiger partial charge in [-0.3, -0.25) is 4.90 Å². The Balaban J connectivity index is 1.58. The first-order valence-corrected chi connectivity index (χ1v) is 8.18. The smallest absolute Gasteiger partial charge is 0.0196 e. The Labute approximate surface area is 113 Å². The van der Waals surface area contributed by atoms with Crippen molar-refractivity contribution in [2.45, 2.75) is 83.3 Å². The molecule has 1 saturated heterocycles. The zero-order chi connectivity index (χ0) is 12.6. The van der Waals surface area contributed by atoms with Gasteiger partial charge in [-0.25, -0.2) is 0 Å². The summed E-state index contributed by atoms with van der Waals surface area (Å²) in [6.45, 7) is 7.18. The van der Waals surface area contributed by atoms with Crippen LogP contribution in [-0.2, 0) is 0 Å². The Morgan fingerprint density at radius 1 is 1.00 bits per heavy atom. The van der Waals surface area contributed by atoms with Gasteiger partial charge in [0.05, 0.1) is 0 Å². The Hall–Kier alpha value is -0.0800. The number of hydrogen-bond acceptors (Lipinski definition) is 2. The zero-order valence-electron chi connectivity index (χ0n) is 12.3. The lowest BCUT2D eigenvalue weighted by Gasteiger charge is -2.47. The molecule has 2 unspecified atom stereocenters. The molecule has 18 heavy (non-hydrogen) atoms. The van der Waals surface area contributed by atoms with Crippen molar-refractivity contribution in [2.75, 3.05) is 13.1 Å². The van der Waals surface area contributed by atoms with Gasteiger partial charge in [-0.15, -0.1) is 0 Å². The van der Waals surface area contributed by atoms with Gasteiger partial charge >= 0.3 is 0 Å². The average Bonchev–Trinajstić information content (AvgIpc) is 2.82. The third kappa shape index (κ3) is 2.46. The fraction of sp³-hybridized carbons (Fsp3) is 1.00. The molecule has 0 aromatic heterocycles. The lowest BCUT2D eigenvalue weighted by Crippen LogP contribution is -2.58. The molecule has 104 valence electrons. The molecule has 0 amide bonds. The van der Waals surface area contributed by atoms with Gasteiger partial charge < -0.3 is 5.32 Å². The Kier molecular flexibility index (Phi) is 3.68. The van der Waals surface area contributed by atoms with Gasteiger partial charge in [-0.1, -0.05) is 12.8 Å². The molecule has 0 aromatic rings. The molecule has 0 bridgehead atoms. The van der Waals surface area contributed by atoms with Gasteiger partial charge in [0, 0.05) is 31.2 Å². The second-order valence-corrected chi connectivity index (χ2v) is 7.29. The number of nitrogens with one attached hydrogen (secondary N) is 1. The highest BCUT2D eigenvalue weighted by molar-refractivity contribution is 4.94. The van der Waals surface area contributed by atoms with Gasteiger partial charge in [-0.05, 0) is 57.8 Å². The molecule has 1 spiro atoms. The van der Waals surface area contributed by atoms with E-state index in [4.69, 9.17) is 0 Å². The molecule has 2 heteroatoms. The largest absolute Gasteiger partial charge is 0.311 e. The van der Waals surface area contributed by atoms with Gasteiger partial charge in [0.25, 0.3) is 0 Å². The van der Waals surface area contributed by atoms with E-state index in [0.29, 0.717) is 6.04 Å². The van der Waals surface area contributed by atoms with Crippen LogP contribution in [0.5, 0.6) is 0 Å². The number of nitrogens with zero attached hydrogens (tertiary/aromatic N) is 1. The molecular weight excluding hydrogens is 220 g/mol. The highest BCUT2D eigenvalue weighted by Crippen LogP contribution is 2.49. The maximum atomic E-state index is 3.61. The van der Waals surface area contributed by atoms with Crippen molar-refractivity contribution < 1.29 is 0 Å². The second-order valence-electron chi connectivity index (χ2n) is 7.29. The summed E-state index contributed by atoms with van der Waals surface area (Å²) in [5, 5.41) is 3.61. The summed E-state index contributed by atoms with van der Waals surface area (Å²) in [4.78, 5) is 2.81. The van der Waals surface area contributed by atoms with E-state index in [1.54, 1.807) is 0 Å². The zero-order valence-corrected chi connectivity index (χ0v) is 12.3. The van der Waals surface area contributed by atoms with Crippen LogP contribution in [0.2, 0.25) is 0 Å². The first-order chi connectivity index (χ1) is 8.69. The summed E-state index contributed by atoms with van der Waals surface area (Å²) in [5.41, 5.74) is 0.791. The maximum Gasteiger partial charge on any atom is 0.0196 e. The van der Waals surface area contributed by atoms with Crippen LogP contribution in [-0.4, -0.2) is 36.1 Å². The topological polar surface area (TPSA) is 15.3 Å². The lowest BCUT2D eigenvalue weighted by molar-refractivity contribution is 0.0416. The minimum Gasteiger partial charge on any atom is -0.311 e. The summed E-state index contributed by atoms with van der Waals surface area (Å²) >= 11 is 0. The van der Waals surface area contributed by atoms with Crippen LogP contribution in [0.3, 0.4) is 0 Å². The highest BCUT2D eigenvalue weighted by atomic mass is 15.2. The van der Waals surface area contributed by atoms with E-state index in [1.165, 1.54) is 64.5 Å². The quantitative estimate of drug-likeness (QED) is 0.769. The second kappa shape index (κ2) is 5.13. The predicted molar refractivity (Wildman–Crippen MR) is 76.8 cm³/mol. The molecule has 1 N–H and O–H groups in total. The molecule has 1 aliphatic heterocycles. The first kappa shape index (κ1) is 12.9. The molecule has 2 atom stereocenters. The highest BCUT2D eigenvalue weighted by Gasteiger charge is 2.40. The van der Waals surface area contributed by atoms with E-state index in [0.717, 1.165) is 17.5 Å². The van der Waals surface area contributed by atoms with Crippen LogP contribution in [0, 0.1) is 5.41 Å². The van der Waals surface area contributed by atoms with Crippen LogP contribution < -0.4 is 5.32 Å². The summed E-state index contributed by atoms with van der Waals surface area (Å²) in [7, 11) is 0. The van der Waals surface area contributed by atoms with Gasteiger partial charge in [0.1, 0.15) is 0 Å². The minimum absolute atomic E-state index is 0.684. The standard InChI is InChI=1S/C16H30N2/c1-13-12-18(14(2)11-17-13)15-5-9-16(10-6-15)7-3-4-8-16/h13-15,17H,3-12H2,1-2H3. The molecule has 2 nitrogen and oxygen atoms in total. The van der Waals surface area contributed by atoms with Crippen molar-refractivity contribution in [1.82, 2.24) is 10.2 Å². The number of hydrogen-bond donors (Lipinski definition) is 1. The summed E-state index contributed by atoms with van der Waals surface area (Å²) in [5.74, 6) is 0. The van der Waals surface area contributed by atoms with Crippen LogP contribution in [0.1, 0.15) is 65.2 Å². The normalized spacial score (nSPS) is 38.3. The van der Waals surface area contributed by atoms with Gasteiger partial charge in [-0.2, -0.15) is 0 Å². The Morgan fingerprint density at radius 2 is 1.67 bits per heavy atom. The molecule has 2 saturated carbocycles. The first-order valence-electron chi connectivity index (χ1n) is 8.18. The summed E-state index contributed by atoms with van der Waals surface area (Å²) in [6, 6.07) is 2.31. The fourth-order valence-corrected chi connectivity index (χ4v) is 4.73. The van der Waals surface area contributed by atoms with Crippen LogP contribution in [0.15, 0.2) is 0 Å². The Morgan fingerprint density at radius 3 is 2.33 bits per heavy atom. The van der Waals surface area contributed by atoms with E-state index in [1.807, 2.05) is 0 Å². The van der Waals surface area contributed by atoms with Crippen LogP contribution in [0.25, 0.3) is 0 Å². The number of piperazine rings is 1. The Bertz CT molecular complexity index is 273. The number of rotatable bonds is 1. The van der Waals surface area contributed by atoms with Crippen LogP contribution in [0.4, 0.5) is 0 Å². The molecule has 0 radical (unpaired) electrons. The lowest BCUT2D eigenvalue weighted by atomic mass is 9.71. The van der Waals surface area contributed by atoms with E-state index >= 15 is 0 Å². The van der Waals surface area contributed by atoms with Crippen molar-refractivity contribution >= 4 is 0 Å². The molecule has 3 rings (SSSR count). The van der Waals surface area contributed by atoms with Crippen molar-refractivity contribution in [3.63, 3.8) is 0 Å². The summed E-state index contributed by atoms with van der Waals surface area (Å²) < 4.78 is 0. The summed E-state index contributed by atoms with van der Waals surface area (Å²) in [6.07, 6.45) is 12.1. The average molecular weight is 250 g/mol. The maximum absolute atomic E-state index is 3.61. The molecular formula is C16H30N2. The van der Waals surface area contributed by atoms with Crippen molar-refractivity contribution in [3.05, 3.63) is 0 Å². The third-order valence-electron chi connectivity index (χ3n) is 5.96. The van der Waals surface area contributed by atoms with E-state index in [-0.39, 0.29) is 0 Å². The molecule has 3 fully saturated rings. The SMILES string of the molecule is CC1CN(C2CCC3(CCCC3)CC2)C(C)CN1. The van der Waals surface area contributed by atoms with Crippen molar-refractivity contribution in [3.8, 4) is 0 Å². The third-order valence-corrected chi connectivity index (χ3v) is 5.96. The molecule has 1 heterocycles. The monoisotopic (exact) mass is 250 g/mol. The fourth-order valence-electron chi connectivity index (χ4n) is 4.73. The molecule has 3 aliphatic rings.